The lowest BCUT2D eigenvalue weighted by molar-refractivity contribution is -0.384. The second-order valence-corrected chi connectivity index (χ2v) is 4.74. The summed E-state index contributed by atoms with van der Waals surface area (Å²) in [6.07, 6.45) is 0.309. The lowest BCUT2D eigenvalue weighted by Gasteiger charge is -2.08. The van der Waals surface area contributed by atoms with Gasteiger partial charge in [0, 0.05) is 12.1 Å². The molecule has 0 bridgehead atoms. The molecule has 0 aliphatic rings. The lowest BCUT2D eigenvalue weighted by atomic mass is 10.1. The van der Waals surface area contributed by atoms with E-state index in [4.69, 9.17) is 11.6 Å². The molecule has 0 saturated carbocycles. The van der Waals surface area contributed by atoms with Gasteiger partial charge in [0.05, 0.1) is 17.1 Å². The quantitative estimate of drug-likeness (QED) is 0.370. The van der Waals surface area contributed by atoms with E-state index in [2.05, 4.69) is 20.7 Å². The van der Waals surface area contributed by atoms with Crippen molar-refractivity contribution in [2.75, 3.05) is 7.11 Å². The molecule has 0 aliphatic carbocycles. The standard InChI is InChI=1S/C10H9BrClNO4/c1-17-10(14)8(11)4-6-2-3-7(13(15)16)5-9(6)12/h2-3,5,8H,4H2,1H3. The second kappa shape index (κ2) is 5.97. The first kappa shape index (κ1) is 13.9. The molecule has 1 atom stereocenters. The fourth-order valence-electron chi connectivity index (χ4n) is 1.22. The number of nitro groups is 1. The van der Waals surface area contributed by atoms with Gasteiger partial charge in [-0.05, 0) is 12.0 Å². The smallest absolute Gasteiger partial charge is 0.319 e. The van der Waals surface area contributed by atoms with Crippen LogP contribution in [0.2, 0.25) is 5.02 Å². The summed E-state index contributed by atoms with van der Waals surface area (Å²) in [6, 6.07) is 4.13. The first-order chi connectivity index (χ1) is 7.95. The highest BCUT2D eigenvalue weighted by atomic mass is 79.9. The molecule has 0 fully saturated rings. The SMILES string of the molecule is COC(=O)C(Br)Cc1ccc([N+](=O)[O-])cc1Cl. The van der Waals surface area contributed by atoms with E-state index in [1.807, 2.05) is 0 Å². The predicted molar refractivity (Wildman–Crippen MR) is 66.5 cm³/mol. The molecule has 0 amide bonds. The van der Waals surface area contributed by atoms with Gasteiger partial charge < -0.3 is 4.74 Å². The Kier molecular flexibility index (Phi) is 4.89. The Balaban J connectivity index is 2.86. The molecule has 17 heavy (non-hydrogen) atoms. The van der Waals surface area contributed by atoms with Crippen LogP contribution in [-0.4, -0.2) is 22.8 Å². The van der Waals surface area contributed by atoms with Gasteiger partial charge in [-0.15, -0.1) is 0 Å². The normalized spacial score (nSPS) is 11.9. The molecule has 0 spiro atoms. The number of carbonyl (C=O) groups is 1. The second-order valence-electron chi connectivity index (χ2n) is 3.23. The van der Waals surface area contributed by atoms with E-state index in [0.29, 0.717) is 12.0 Å². The van der Waals surface area contributed by atoms with Gasteiger partial charge in [0.25, 0.3) is 5.69 Å². The van der Waals surface area contributed by atoms with Crippen LogP contribution >= 0.6 is 27.5 Å². The fraction of sp³-hybridized carbons (Fsp3) is 0.300. The highest BCUT2D eigenvalue weighted by Gasteiger charge is 2.18. The minimum absolute atomic E-state index is 0.0806. The number of non-ortho nitro benzene ring substituents is 1. The van der Waals surface area contributed by atoms with Crippen molar-refractivity contribution in [1.29, 1.82) is 0 Å². The van der Waals surface area contributed by atoms with E-state index in [1.165, 1.54) is 25.3 Å². The van der Waals surface area contributed by atoms with Gasteiger partial charge >= 0.3 is 5.97 Å². The van der Waals surface area contributed by atoms with Gasteiger partial charge in [0.2, 0.25) is 0 Å². The van der Waals surface area contributed by atoms with Gasteiger partial charge in [0.15, 0.2) is 0 Å². The number of ether oxygens (including phenoxy) is 1. The Bertz CT molecular complexity index is 452. The number of halogens is 2. The summed E-state index contributed by atoms with van der Waals surface area (Å²) in [5.74, 6) is -0.417. The molecule has 0 N–H and O–H groups in total. The predicted octanol–water partition coefficient (Wildman–Crippen LogP) is 2.73. The zero-order valence-corrected chi connectivity index (χ0v) is 11.2. The summed E-state index contributed by atoms with van der Waals surface area (Å²) in [7, 11) is 1.29. The summed E-state index contributed by atoms with van der Waals surface area (Å²) in [5, 5.41) is 10.8. The van der Waals surface area contributed by atoms with Crippen molar-refractivity contribution in [3.63, 3.8) is 0 Å². The van der Waals surface area contributed by atoms with Gasteiger partial charge in [-0.3, -0.25) is 14.9 Å². The van der Waals surface area contributed by atoms with E-state index in [9.17, 15) is 14.9 Å². The zero-order chi connectivity index (χ0) is 13.0. The van der Waals surface area contributed by atoms with Crippen LogP contribution in [0.15, 0.2) is 18.2 Å². The maximum Gasteiger partial charge on any atom is 0.319 e. The Morgan fingerprint density at radius 2 is 2.29 bits per heavy atom. The molecule has 1 unspecified atom stereocenters. The Hall–Kier alpha value is -1.14. The van der Waals surface area contributed by atoms with E-state index < -0.39 is 15.7 Å². The van der Waals surface area contributed by atoms with Crippen molar-refractivity contribution in [3.05, 3.63) is 38.9 Å². The highest BCUT2D eigenvalue weighted by Crippen LogP contribution is 2.25. The van der Waals surface area contributed by atoms with Crippen molar-refractivity contribution in [2.24, 2.45) is 0 Å². The average molecular weight is 323 g/mol. The van der Waals surface area contributed by atoms with Crippen LogP contribution in [0.5, 0.6) is 0 Å². The first-order valence-corrected chi connectivity index (χ1v) is 5.89. The molecule has 7 heteroatoms. The Labute approximate surface area is 111 Å². The molecule has 1 aromatic carbocycles. The van der Waals surface area contributed by atoms with Gasteiger partial charge in [-0.25, -0.2) is 0 Å². The molecular formula is C10H9BrClNO4. The van der Waals surface area contributed by atoms with Crippen LogP contribution < -0.4 is 0 Å². The maximum atomic E-state index is 11.2. The van der Waals surface area contributed by atoms with Crippen LogP contribution in [0.25, 0.3) is 0 Å². The number of rotatable bonds is 4. The third kappa shape index (κ3) is 3.67. The molecule has 0 aromatic heterocycles. The van der Waals surface area contributed by atoms with E-state index in [1.54, 1.807) is 0 Å². The van der Waals surface area contributed by atoms with Gasteiger partial charge in [0.1, 0.15) is 4.83 Å². The van der Waals surface area contributed by atoms with Crippen LogP contribution in [0.4, 0.5) is 5.69 Å². The number of hydrogen-bond donors (Lipinski definition) is 0. The highest BCUT2D eigenvalue weighted by molar-refractivity contribution is 9.10. The minimum atomic E-state index is -0.526. The van der Waals surface area contributed by atoms with Crippen molar-refractivity contribution in [1.82, 2.24) is 0 Å². The number of carbonyl (C=O) groups excluding carboxylic acids is 1. The number of hydrogen-bond acceptors (Lipinski definition) is 4. The van der Waals surface area contributed by atoms with Crippen LogP contribution in [0, 0.1) is 10.1 Å². The molecule has 92 valence electrons. The number of nitro benzene ring substituents is 1. The molecule has 1 aromatic rings. The average Bonchev–Trinajstić information content (AvgIpc) is 2.30. The topological polar surface area (TPSA) is 69.4 Å². The fourth-order valence-corrected chi connectivity index (χ4v) is 2.01. The molecule has 0 aliphatic heterocycles. The Morgan fingerprint density at radius 1 is 1.65 bits per heavy atom. The minimum Gasteiger partial charge on any atom is -0.468 e. The van der Waals surface area contributed by atoms with Crippen molar-refractivity contribution >= 4 is 39.2 Å². The van der Waals surface area contributed by atoms with Gasteiger partial charge in [-0.1, -0.05) is 33.6 Å². The maximum absolute atomic E-state index is 11.2. The van der Waals surface area contributed by atoms with E-state index in [0.717, 1.165) is 0 Å². The third-order valence-corrected chi connectivity index (χ3v) is 3.15. The van der Waals surface area contributed by atoms with Gasteiger partial charge in [-0.2, -0.15) is 0 Å². The van der Waals surface area contributed by atoms with E-state index >= 15 is 0 Å². The zero-order valence-electron chi connectivity index (χ0n) is 8.85. The first-order valence-electron chi connectivity index (χ1n) is 4.60. The largest absolute Gasteiger partial charge is 0.468 e. The molecule has 0 heterocycles. The number of methoxy groups -OCH3 is 1. The van der Waals surface area contributed by atoms with Crippen molar-refractivity contribution in [3.8, 4) is 0 Å². The summed E-state index contributed by atoms with van der Waals surface area (Å²) in [6.45, 7) is 0. The molecule has 0 saturated heterocycles. The number of nitrogens with zero attached hydrogens (tertiary/aromatic N) is 1. The van der Waals surface area contributed by atoms with Crippen molar-refractivity contribution in [2.45, 2.75) is 11.2 Å². The van der Waals surface area contributed by atoms with Crippen LogP contribution in [-0.2, 0) is 16.0 Å². The lowest BCUT2D eigenvalue weighted by Crippen LogP contribution is -2.18. The molecule has 1 rings (SSSR count). The Morgan fingerprint density at radius 3 is 2.76 bits per heavy atom. The molecular weight excluding hydrogens is 313 g/mol. The number of alkyl halides is 1. The van der Waals surface area contributed by atoms with Crippen molar-refractivity contribution < 1.29 is 14.5 Å². The van der Waals surface area contributed by atoms with Crippen LogP contribution in [0.3, 0.4) is 0 Å². The molecule has 0 radical (unpaired) electrons. The summed E-state index contributed by atoms with van der Waals surface area (Å²) in [4.78, 5) is 20.6. The summed E-state index contributed by atoms with van der Waals surface area (Å²) in [5.41, 5.74) is 0.562. The van der Waals surface area contributed by atoms with E-state index in [-0.39, 0.29) is 10.7 Å². The molecule has 5 nitrogen and oxygen atoms in total. The third-order valence-electron chi connectivity index (χ3n) is 2.10. The monoisotopic (exact) mass is 321 g/mol. The number of esters is 1. The van der Waals surface area contributed by atoms with Crippen LogP contribution in [0.1, 0.15) is 5.56 Å². The summed E-state index contributed by atoms with van der Waals surface area (Å²) >= 11 is 9.04. The summed E-state index contributed by atoms with van der Waals surface area (Å²) < 4.78 is 4.55. The number of benzene rings is 1.